The number of carbonyl (C=O) groups is 2. The Morgan fingerprint density at radius 2 is 1.53 bits per heavy atom. The van der Waals surface area contributed by atoms with Gasteiger partial charge in [0, 0.05) is 34.5 Å². The summed E-state index contributed by atoms with van der Waals surface area (Å²) < 4.78 is 1.99. The zero-order valence-corrected chi connectivity index (χ0v) is 17.1. The number of nitrogens with zero attached hydrogens (tertiary/aromatic N) is 1. The van der Waals surface area contributed by atoms with Crippen LogP contribution in [0.15, 0.2) is 103 Å². The van der Waals surface area contributed by atoms with Gasteiger partial charge < -0.3 is 9.67 Å². The van der Waals surface area contributed by atoms with Crippen molar-refractivity contribution in [2.24, 2.45) is 0 Å². The van der Waals surface area contributed by atoms with Gasteiger partial charge in [-0.15, -0.1) is 0 Å². The Hall–Kier alpha value is -4.44. The Morgan fingerprint density at radius 3 is 2.31 bits per heavy atom. The molecule has 4 nitrogen and oxygen atoms in total. The van der Waals surface area contributed by atoms with Gasteiger partial charge >= 0.3 is 5.97 Å². The molecule has 0 aliphatic rings. The lowest BCUT2D eigenvalue weighted by atomic mass is 9.99. The van der Waals surface area contributed by atoms with Crippen molar-refractivity contribution in [3.8, 4) is 5.69 Å². The maximum Gasteiger partial charge on any atom is 0.328 e. The average Bonchev–Trinajstić information content (AvgIpc) is 3.21. The van der Waals surface area contributed by atoms with E-state index in [2.05, 4.69) is 0 Å². The van der Waals surface area contributed by atoms with E-state index in [-0.39, 0.29) is 5.78 Å². The molecule has 0 aliphatic heterocycles. The van der Waals surface area contributed by atoms with Gasteiger partial charge in [-0.2, -0.15) is 0 Å². The lowest BCUT2D eigenvalue weighted by molar-refractivity contribution is -0.131. The summed E-state index contributed by atoms with van der Waals surface area (Å²) in [5, 5.41) is 11.8. The molecule has 0 unspecified atom stereocenters. The van der Waals surface area contributed by atoms with E-state index < -0.39 is 5.97 Å². The van der Waals surface area contributed by atoms with Crippen molar-refractivity contribution in [1.82, 2.24) is 4.57 Å². The van der Waals surface area contributed by atoms with Gasteiger partial charge in [-0.1, -0.05) is 60.7 Å². The normalized spacial score (nSPS) is 11.4. The van der Waals surface area contributed by atoms with Gasteiger partial charge in [0.1, 0.15) is 0 Å². The van der Waals surface area contributed by atoms with Crippen LogP contribution in [-0.4, -0.2) is 21.4 Å². The Morgan fingerprint density at radius 1 is 0.781 bits per heavy atom. The molecule has 0 saturated carbocycles. The molecular formula is C28H19NO3. The number of carbonyl (C=O) groups excluding carboxylic acids is 1. The first-order chi connectivity index (χ1) is 15.6. The predicted molar refractivity (Wildman–Crippen MR) is 127 cm³/mol. The number of hydrogen-bond acceptors (Lipinski definition) is 2. The third-order valence-electron chi connectivity index (χ3n) is 5.54. The van der Waals surface area contributed by atoms with Crippen molar-refractivity contribution in [2.75, 3.05) is 0 Å². The smallest absolute Gasteiger partial charge is 0.328 e. The summed E-state index contributed by atoms with van der Waals surface area (Å²) in [5.41, 5.74) is 3.74. The van der Waals surface area contributed by atoms with Gasteiger partial charge in [0.05, 0.1) is 5.52 Å². The predicted octanol–water partition coefficient (Wildman–Crippen LogP) is 6.11. The minimum absolute atomic E-state index is 0.0743. The van der Waals surface area contributed by atoms with E-state index in [4.69, 9.17) is 5.11 Å². The second-order valence-corrected chi connectivity index (χ2v) is 7.59. The molecule has 5 rings (SSSR count). The molecule has 154 valence electrons. The quantitative estimate of drug-likeness (QED) is 0.277. The summed E-state index contributed by atoms with van der Waals surface area (Å²) >= 11 is 0. The number of rotatable bonds is 5. The average molecular weight is 417 g/mol. The fourth-order valence-corrected chi connectivity index (χ4v) is 3.99. The Balaban J connectivity index is 1.69. The minimum atomic E-state index is -1.01. The molecule has 5 aromatic rings. The Labute approximate surface area is 184 Å². The molecule has 0 amide bonds. The van der Waals surface area contributed by atoms with Gasteiger partial charge in [-0.3, -0.25) is 4.79 Å². The highest BCUT2D eigenvalue weighted by Crippen LogP contribution is 2.29. The molecule has 0 atom stereocenters. The molecule has 0 fully saturated rings. The van der Waals surface area contributed by atoms with Crippen LogP contribution in [0.3, 0.4) is 0 Å². The molecule has 1 N–H and O–H groups in total. The summed E-state index contributed by atoms with van der Waals surface area (Å²) in [6.45, 7) is 0. The second kappa shape index (κ2) is 8.00. The summed E-state index contributed by atoms with van der Waals surface area (Å²) in [5.74, 6) is -1.09. The Kier molecular flexibility index (Phi) is 4.88. The van der Waals surface area contributed by atoms with Crippen LogP contribution in [0.5, 0.6) is 0 Å². The lowest BCUT2D eigenvalue weighted by Gasteiger charge is -2.05. The third-order valence-corrected chi connectivity index (χ3v) is 5.54. The third kappa shape index (κ3) is 3.59. The van der Waals surface area contributed by atoms with Crippen LogP contribution < -0.4 is 0 Å². The van der Waals surface area contributed by atoms with Crippen LogP contribution in [0.2, 0.25) is 0 Å². The SMILES string of the molecule is O=C(O)C=Cc1ccc2c(c1)c(C(=O)c1ccc3ccccc3c1)cn2-c1ccccc1. The fourth-order valence-electron chi connectivity index (χ4n) is 3.99. The maximum absolute atomic E-state index is 13.6. The van der Waals surface area contributed by atoms with Crippen LogP contribution in [0.1, 0.15) is 21.5 Å². The van der Waals surface area contributed by atoms with Crippen molar-refractivity contribution >= 4 is 39.5 Å². The van der Waals surface area contributed by atoms with Crippen molar-refractivity contribution in [1.29, 1.82) is 0 Å². The molecule has 32 heavy (non-hydrogen) atoms. The van der Waals surface area contributed by atoms with Gasteiger partial charge in [0.15, 0.2) is 5.78 Å². The highest BCUT2D eigenvalue weighted by Gasteiger charge is 2.18. The number of carboxylic acid groups (broad SMARTS) is 1. The minimum Gasteiger partial charge on any atom is -0.478 e. The summed E-state index contributed by atoms with van der Waals surface area (Å²) in [4.78, 5) is 24.5. The van der Waals surface area contributed by atoms with E-state index in [0.717, 1.165) is 39.0 Å². The lowest BCUT2D eigenvalue weighted by Crippen LogP contribution is -2.00. The number of hydrogen-bond donors (Lipinski definition) is 1. The number of para-hydroxylation sites is 1. The molecule has 4 heteroatoms. The van der Waals surface area contributed by atoms with E-state index in [1.165, 1.54) is 6.08 Å². The van der Waals surface area contributed by atoms with Crippen LogP contribution in [0, 0.1) is 0 Å². The van der Waals surface area contributed by atoms with E-state index in [1.807, 2.05) is 102 Å². The number of aliphatic carboxylic acids is 1. The zero-order valence-electron chi connectivity index (χ0n) is 17.1. The highest BCUT2D eigenvalue weighted by molar-refractivity contribution is 6.17. The first kappa shape index (κ1) is 19.5. The van der Waals surface area contributed by atoms with E-state index >= 15 is 0 Å². The summed E-state index contributed by atoms with van der Waals surface area (Å²) in [6.07, 6.45) is 4.49. The van der Waals surface area contributed by atoms with Crippen LogP contribution in [-0.2, 0) is 4.79 Å². The van der Waals surface area contributed by atoms with Crippen molar-refractivity contribution < 1.29 is 14.7 Å². The summed E-state index contributed by atoms with van der Waals surface area (Å²) in [6, 6.07) is 29.1. The van der Waals surface area contributed by atoms with E-state index in [9.17, 15) is 9.59 Å². The molecule has 0 saturated heterocycles. The van der Waals surface area contributed by atoms with Crippen LogP contribution in [0.25, 0.3) is 33.4 Å². The molecular weight excluding hydrogens is 398 g/mol. The van der Waals surface area contributed by atoms with Crippen LogP contribution in [0.4, 0.5) is 0 Å². The molecule has 0 spiro atoms. The molecule has 0 aliphatic carbocycles. The largest absolute Gasteiger partial charge is 0.478 e. The number of fused-ring (bicyclic) bond motifs is 2. The molecule has 1 aromatic heterocycles. The highest BCUT2D eigenvalue weighted by atomic mass is 16.4. The first-order valence-electron chi connectivity index (χ1n) is 10.3. The monoisotopic (exact) mass is 417 g/mol. The molecule has 4 aromatic carbocycles. The van der Waals surface area contributed by atoms with Crippen molar-refractivity contribution in [3.63, 3.8) is 0 Å². The summed E-state index contributed by atoms with van der Waals surface area (Å²) in [7, 11) is 0. The number of ketones is 1. The second-order valence-electron chi connectivity index (χ2n) is 7.59. The number of benzene rings is 4. The maximum atomic E-state index is 13.6. The molecule has 0 radical (unpaired) electrons. The van der Waals surface area contributed by atoms with Crippen LogP contribution >= 0.6 is 0 Å². The molecule has 1 heterocycles. The number of carboxylic acids is 1. The van der Waals surface area contributed by atoms with Gasteiger partial charge in [0.2, 0.25) is 0 Å². The van der Waals surface area contributed by atoms with Crippen molar-refractivity contribution in [2.45, 2.75) is 0 Å². The Bertz CT molecular complexity index is 1510. The number of aromatic nitrogens is 1. The van der Waals surface area contributed by atoms with Gasteiger partial charge in [-0.25, -0.2) is 4.79 Å². The van der Waals surface area contributed by atoms with E-state index in [1.54, 1.807) is 0 Å². The molecule has 0 bridgehead atoms. The van der Waals surface area contributed by atoms with Gasteiger partial charge in [-0.05, 0) is 52.7 Å². The van der Waals surface area contributed by atoms with Gasteiger partial charge in [0.25, 0.3) is 0 Å². The first-order valence-corrected chi connectivity index (χ1v) is 10.3. The van der Waals surface area contributed by atoms with Crippen molar-refractivity contribution in [3.05, 3.63) is 120 Å². The van der Waals surface area contributed by atoms with E-state index in [0.29, 0.717) is 11.1 Å². The standard InChI is InChI=1S/C28H19NO3/c30-27(31)15-11-19-10-14-26-24(16-19)25(18-29(26)23-8-2-1-3-9-23)28(32)22-13-12-20-6-4-5-7-21(20)17-22/h1-18H,(H,30,31). The zero-order chi connectivity index (χ0) is 22.1. The topological polar surface area (TPSA) is 59.3 Å². The fraction of sp³-hybridized carbons (Fsp3) is 0.